The molecular weight excluding hydrogens is 561 g/mol. The number of aliphatic hydroxyl groups is 2. The van der Waals surface area contributed by atoms with Crippen LogP contribution in [0.5, 0.6) is 5.75 Å². The first-order chi connectivity index (χ1) is 18.8. The van der Waals surface area contributed by atoms with E-state index >= 15 is 0 Å². The van der Waals surface area contributed by atoms with E-state index in [9.17, 15) is 24.6 Å². The Bertz CT molecular complexity index is 1360. The number of nitrogens with zero attached hydrogens (tertiary/aromatic N) is 2. The summed E-state index contributed by atoms with van der Waals surface area (Å²) >= 11 is 5.79. The normalized spacial score (nSPS) is 27.2. The van der Waals surface area contributed by atoms with E-state index in [0.29, 0.717) is 16.7 Å². The van der Waals surface area contributed by atoms with Crippen LogP contribution in [0.1, 0.15) is 34.1 Å². The van der Waals surface area contributed by atoms with E-state index in [1.54, 1.807) is 57.3 Å². The molecule has 0 spiro atoms. The summed E-state index contributed by atoms with van der Waals surface area (Å²) in [4.78, 5) is 42.0. The van der Waals surface area contributed by atoms with Crippen molar-refractivity contribution in [1.29, 1.82) is 0 Å². The van der Waals surface area contributed by atoms with Gasteiger partial charge in [0.2, 0.25) is 5.91 Å². The average molecular weight is 594 g/mol. The molecule has 2 aromatic rings. The van der Waals surface area contributed by atoms with Crippen molar-refractivity contribution in [3.63, 3.8) is 0 Å². The van der Waals surface area contributed by atoms with Crippen molar-refractivity contribution in [2.75, 3.05) is 6.61 Å². The van der Waals surface area contributed by atoms with Gasteiger partial charge in [0.1, 0.15) is 29.6 Å². The van der Waals surface area contributed by atoms with Gasteiger partial charge in [-0.1, -0.05) is 6.07 Å². The summed E-state index contributed by atoms with van der Waals surface area (Å²) in [6.07, 6.45) is -0.608. The smallest absolute Gasteiger partial charge is 0.323 e. The van der Waals surface area contributed by atoms with Crippen LogP contribution in [-0.2, 0) is 40.2 Å². The molecule has 1 amide bonds. The molecule has 2 aliphatic rings. The predicted octanol–water partition coefficient (Wildman–Crippen LogP) is 1.94. The molecule has 1 aromatic heterocycles. The van der Waals surface area contributed by atoms with E-state index in [1.165, 1.54) is 19.2 Å². The third-order valence-corrected chi connectivity index (χ3v) is 8.82. The van der Waals surface area contributed by atoms with E-state index in [0.717, 1.165) is 4.90 Å². The quantitative estimate of drug-likeness (QED) is 0.209. The lowest BCUT2D eigenvalue weighted by atomic mass is 9.95. The molecule has 1 unspecified atom stereocenters. The molecule has 1 aromatic carbocycles. The molecule has 4 rings (SSSR count). The second-order valence-electron chi connectivity index (χ2n) is 10.0. The van der Waals surface area contributed by atoms with Crippen LogP contribution in [-0.4, -0.2) is 80.5 Å². The van der Waals surface area contributed by atoms with Crippen LogP contribution in [0.4, 0.5) is 0 Å². The van der Waals surface area contributed by atoms with Crippen molar-refractivity contribution in [2.45, 2.75) is 70.3 Å². The first-order valence-electron chi connectivity index (χ1n) is 12.6. The number of ketones is 1. The summed E-state index contributed by atoms with van der Waals surface area (Å²) in [7, 11) is 0. The van der Waals surface area contributed by atoms with Gasteiger partial charge in [0.15, 0.2) is 12.0 Å². The largest absolute Gasteiger partial charge is 0.462 e. The van der Waals surface area contributed by atoms with Gasteiger partial charge in [-0.3, -0.25) is 24.3 Å². The van der Waals surface area contributed by atoms with Crippen LogP contribution in [0, 0.1) is 0 Å². The molecule has 216 valence electrons. The number of allylic oxidation sites excluding steroid dienone is 1. The Kier molecular flexibility index (Phi) is 9.05. The summed E-state index contributed by atoms with van der Waals surface area (Å²) in [6.45, 7) is 2.40. The minimum Gasteiger partial charge on any atom is -0.462 e. The highest BCUT2D eigenvalue weighted by atomic mass is 32.5. The van der Waals surface area contributed by atoms with Crippen molar-refractivity contribution < 1.29 is 43.1 Å². The zero-order valence-corrected chi connectivity index (χ0v) is 24.1. The zero-order valence-electron chi connectivity index (χ0n) is 22.4. The van der Waals surface area contributed by atoms with Crippen LogP contribution in [0.15, 0.2) is 48.8 Å². The fraction of sp³-hybridized carbons (Fsp3) is 0.462. The molecule has 3 N–H and O–H groups in total. The van der Waals surface area contributed by atoms with Gasteiger partial charge in [-0.25, -0.2) is 5.09 Å². The molecule has 1 fully saturated rings. The monoisotopic (exact) mass is 593 g/mol. The number of esters is 1. The van der Waals surface area contributed by atoms with Crippen molar-refractivity contribution in [2.24, 2.45) is 0 Å². The van der Waals surface area contributed by atoms with Crippen LogP contribution in [0.2, 0.25) is 0 Å². The molecule has 0 bridgehead atoms. The lowest BCUT2D eigenvalue weighted by molar-refractivity contribution is -0.158. The molecule has 6 atom stereocenters. The van der Waals surface area contributed by atoms with E-state index in [-0.39, 0.29) is 24.9 Å². The number of aromatic nitrogens is 1. The fourth-order valence-electron chi connectivity index (χ4n) is 4.30. The number of aliphatic hydroxyl groups excluding tert-OH is 1. The van der Waals surface area contributed by atoms with Gasteiger partial charge in [0, 0.05) is 17.8 Å². The number of hydrogen-bond acceptors (Lipinski definition) is 11. The molecular formula is C26H32N3O9PS. The van der Waals surface area contributed by atoms with Crippen molar-refractivity contribution in [1.82, 2.24) is 15.0 Å². The van der Waals surface area contributed by atoms with Gasteiger partial charge in [-0.05, 0) is 69.8 Å². The van der Waals surface area contributed by atoms with Gasteiger partial charge >= 0.3 is 12.6 Å². The number of benzene rings is 1. The first kappa shape index (κ1) is 30.2. The van der Waals surface area contributed by atoms with Gasteiger partial charge in [-0.15, -0.1) is 0 Å². The second-order valence-corrected chi connectivity index (χ2v) is 13.1. The topological polar surface area (TPSA) is 157 Å². The maximum absolute atomic E-state index is 12.6. The van der Waals surface area contributed by atoms with Gasteiger partial charge in [0.25, 0.3) is 0 Å². The van der Waals surface area contributed by atoms with E-state index in [4.69, 9.17) is 30.3 Å². The van der Waals surface area contributed by atoms with E-state index in [2.05, 4.69) is 10.1 Å². The fourth-order valence-corrected chi connectivity index (χ4v) is 6.72. The van der Waals surface area contributed by atoms with Gasteiger partial charge < -0.3 is 28.7 Å². The van der Waals surface area contributed by atoms with Crippen LogP contribution in [0.3, 0.4) is 0 Å². The lowest BCUT2D eigenvalue weighted by Crippen LogP contribution is -2.54. The van der Waals surface area contributed by atoms with Crippen LogP contribution >= 0.6 is 6.64 Å². The average Bonchev–Trinajstić information content (AvgIpc) is 3.11. The molecule has 40 heavy (non-hydrogen) atoms. The number of amides is 1. The summed E-state index contributed by atoms with van der Waals surface area (Å²) in [5.74, 6) is -1.17. The number of carbonyl (C=O) groups is 3. The van der Waals surface area contributed by atoms with E-state index < -0.39 is 48.6 Å². The standard InChI is InChI=1S/C26H32N3O9PS/c1-15(2)36-24(33)16(3)28-39(40,38-20-9-5-8-19-18(20)7-6-11-27-19)35-14-21-23(32)26(4,34)25(37-21)29-12-10-17(30)13-22(29)31/h5-12,15-16,21,23,25,32,34H,13-14H2,1-4H3,(H,28,40)/t16-,21+,23+,25+,26+,39?/m0/s1. The molecule has 0 aliphatic carbocycles. The number of fused-ring (bicyclic) bond motifs is 1. The number of hydrogen-bond donors (Lipinski definition) is 3. The summed E-state index contributed by atoms with van der Waals surface area (Å²) in [5.41, 5.74) is -1.25. The maximum Gasteiger partial charge on any atom is 0.323 e. The molecule has 14 heteroatoms. The Labute approximate surface area is 236 Å². The van der Waals surface area contributed by atoms with E-state index in [1.807, 2.05) is 0 Å². The Balaban J connectivity index is 1.57. The van der Waals surface area contributed by atoms with Crippen molar-refractivity contribution in [3.05, 3.63) is 48.8 Å². The Morgan fingerprint density at radius 2 is 2.05 bits per heavy atom. The number of carbonyl (C=O) groups excluding carboxylic acids is 3. The second kappa shape index (κ2) is 12.0. The third kappa shape index (κ3) is 6.58. The number of nitrogens with one attached hydrogen (secondary N) is 1. The lowest BCUT2D eigenvalue weighted by Gasteiger charge is -2.34. The molecule has 0 saturated carbocycles. The Hall–Kier alpha value is -2.77. The summed E-state index contributed by atoms with van der Waals surface area (Å²) in [6, 6.07) is 7.85. The third-order valence-electron chi connectivity index (χ3n) is 6.33. The first-order valence-corrected chi connectivity index (χ1v) is 15.3. The molecule has 1 saturated heterocycles. The minimum absolute atomic E-state index is 0.358. The van der Waals surface area contributed by atoms with Crippen LogP contribution < -0.4 is 9.61 Å². The van der Waals surface area contributed by atoms with Gasteiger partial charge in [0.05, 0.1) is 24.6 Å². The SMILES string of the molecule is CC(C)OC(=O)[C@H](C)NP(=S)(OC[C@H]1O[C@@H](N2C=CC(=O)CC2=O)[C@](C)(O)[C@@H]1O)Oc1cccc2ncccc12. The number of rotatable bonds is 10. The minimum atomic E-state index is -3.55. The molecule has 3 heterocycles. The Morgan fingerprint density at radius 1 is 1.30 bits per heavy atom. The number of pyridine rings is 1. The maximum atomic E-state index is 12.6. The van der Waals surface area contributed by atoms with Gasteiger partial charge in [-0.2, -0.15) is 0 Å². The Morgan fingerprint density at radius 3 is 2.75 bits per heavy atom. The van der Waals surface area contributed by atoms with Crippen molar-refractivity contribution in [3.8, 4) is 5.75 Å². The molecule has 0 radical (unpaired) electrons. The molecule has 2 aliphatic heterocycles. The van der Waals surface area contributed by atoms with Crippen molar-refractivity contribution >= 4 is 47.0 Å². The highest BCUT2D eigenvalue weighted by Gasteiger charge is 2.56. The number of ether oxygens (including phenoxy) is 2. The summed E-state index contributed by atoms with van der Waals surface area (Å²) < 4.78 is 23.4. The van der Waals surface area contributed by atoms with Crippen LogP contribution in [0.25, 0.3) is 10.9 Å². The highest BCUT2D eigenvalue weighted by molar-refractivity contribution is 8.09. The zero-order chi connectivity index (χ0) is 29.2. The molecule has 12 nitrogen and oxygen atoms in total. The summed E-state index contributed by atoms with van der Waals surface area (Å²) in [5, 5.41) is 25.5. The highest BCUT2D eigenvalue weighted by Crippen LogP contribution is 2.48. The predicted molar refractivity (Wildman–Crippen MR) is 147 cm³/mol.